The van der Waals surface area contributed by atoms with Gasteiger partial charge in [0.2, 0.25) is 0 Å². The van der Waals surface area contributed by atoms with Crippen molar-refractivity contribution < 1.29 is 56.0 Å². The van der Waals surface area contributed by atoms with Crippen molar-refractivity contribution in [1.82, 2.24) is 0 Å². The molecule has 15 heteroatoms. The molecule has 2 heterocycles. The largest absolute Gasteiger partial charge is 0.475 e. The highest BCUT2D eigenvalue weighted by atomic mass is 31.2. The first-order chi connectivity index (χ1) is 26.2. The minimum Gasteiger partial charge on any atom is -0.379 e. The number of unbranched alkanes of at least 4 members (excludes halogenated alkanes) is 6. The third-order valence-corrected chi connectivity index (χ3v) is 10.8. The van der Waals surface area contributed by atoms with Crippen LogP contribution in [-0.2, 0) is 56.0 Å². The molecule has 2 saturated heterocycles. The molecule has 0 aliphatic carbocycles. The van der Waals surface area contributed by atoms with E-state index in [0.717, 1.165) is 64.2 Å². The van der Waals surface area contributed by atoms with Gasteiger partial charge in [-0.15, -0.1) is 6.58 Å². The SMILES string of the molecule is C=CCOC1OC(COC2OC(COCCCC)C(OP(=O)(OCCCC)OCCCC)C(OCCCC)C2N)C(OCCCC)C(OCCCC)C1N. The van der Waals surface area contributed by atoms with Gasteiger partial charge in [0.15, 0.2) is 12.6 Å². The number of ether oxygens (including phenoxy) is 8. The number of hydrogen-bond acceptors (Lipinski definition) is 14. The molecular formula is C39H77N2O12P. The minimum atomic E-state index is -4.05. The van der Waals surface area contributed by atoms with Crippen LogP contribution in [0.3, 0.4) is 0 Å². The Hall–Kier alpha value is -0.550. The molecule has 0 aromatic rings. The summed E-state index contributed by atoms with van der Waals surface area (Å²) < 4.78 is 83.0. The highest BCUT2D eigenvalue weighted by molar-refractivity contribution is 7.48. The van der Waals surface area contributed by atoms with E-state index in [9.17, 15) is 4.57 Å². The highest BCUT2D eigenvalue weighted by Crippen LogP contribution is 2.53. The van der Waals surface area contributed by atoms with Crippen LogP contribution in [0.15, 0.2) is 12.7 Å². The Morgan fingerprint density at radius 3 is 1.48 bits per heavy atom. The topological polar surface area (TPSA) is 171 Å². The molecule has 2 aliphatic heterocycles. The molecule has 10 unspecified atom stereocenters. The molecule has 0 spiro atoms. The lowest BCUT2D eigenvalue weighted by Crippen LogP contribution is -2.66. The van der Waals surface area contributed by atoms with E-state index in [1.165, 1.54) is 0 Å². The average molecular weight is 797 g/mol. The lowest BCUT2D eigenvalue weighted by molar-refractivity contribution is -0.308. The first-order valence-corrected chi connectivity index (χ1v) is 22.4. The predicted molar refractivity (Wildman–Crippen MR) is 209 cm³/mol. The molecule has 0 saturated carbocycles. The standard InChI is InChI=1S/C39H77N2O12P/c1-8-15-22-43-28-30-35(53-54(42,49-26-19-12-5)50-27-20-13-6)37(46-25-18-11-4)33(41)39(51-30)48-29-31-34(44-23-16-9-2)36(45-24-17-10-3)32(40)38(52-31)47-21-14-7/h14,30-39H,7-13,15-29,40-41H2,1-6H3. The van der Waals surface area contributed by atoms with Crippen LogP contribution in [0.4, 0.5) is 0 Å². The maximum absolute atomic E-state index is 14.2. The molecule has 14 nitrogen and oxygen atoms in total. The second-order valence-electron chi connectivity index (χ2n) is 14.1. The fourth-order valence-electron chi connectivity index (χ4n) is 5.94. The zero-order valence-electron chi connectivity index (χ0n) is 34.4. The van der Waals surface area contributed by atoms with Gasteiger partial charge in [-0.25, -0.2) is 4.57 Å². The lowest BCUT2D eigenvalue weighted by atomic mass is 9.96. The van der Waals surface area contributed by atoms with Gasteiger partial charge in [0.1, 0.15) is 36.6 Å². The van der Waals surface area contributed by atoms with Gasteiger partial charge < -0.3 is 49.4 Å². The summed E-state index contributed by atoms with van der Waals surface area (Å²) >= 11 is 0. The van der Waals surface area contributed by atoms with E-state index in [1.54, 1.807) is 6.08 Å². The van der Waals surface area contributed by atoms with Crippen molar-refractivity contribution in [3.8, 4) is 0 Å². The van der Waals surface area contributed by atoms with E-state index in [2.05, 4.69) is 34.3 Å². The Labute approximate surface area is 326 Å². The van der Waals surface area contributed by atoms with Gasteiger partial charge in [-0.05, 0) is 38.5 Å². The summed E-state index contributed by atoms with van der Waals surface area (Å²) in [5.74, 6) is 0. The Morgan fingerprint density at radius 1 is 0.556 bits per heavy atom. The van der Waals surface area contributed by atoms with Crippen LogP contribution in [-0.4, -0.2) is 121 Å². The third kappa shape index (κ3) is 17.5. The minimum absolute atomic E-state index is 0.0266. The molecule has 4 N–H and O–H groups in total. The summed E-state index contributed by atoms with van der Waals surface area (Å²) in [5, 5.41) is 0. The van der Waals surface area contributed by atoms with Crippen LogP contribution >= 0.6 is 7.82 Å². The van der Waals surface area contributed by atoms with E-state index in [-0.39, 0.29) is 33.0 Å². The van der Waals surface area contributed by atoms with Gasteiger partial charge in [0.05, 0.1) is 45.1 Å². The maximum atomic E-state index is 14.2. The third-order valence-electron chi connectivity index (χ3n) is 9.28. The Balaban J connectivity index is 2.44. The van der Waals surface area contributed by atoms with E-state index in [4.69, 9.17) is 62.9 Å². The van der Waals surface area contributed by atoms with E-state index >= 15 is 0 Å². The molecule has 0 amide bonds. The monoisotopic (exact) mass is 797 g/mol. The first kappa shape index (κ1) is 49.6. The molecule has 0 aromatic heterocycles. The molecular weight excluding hydrogens is 719 g/mol. The quantitative estimate of drug-likeness (QED) is 0.0403. The van der Waals surface area contributed by atoms with Crippen molar-refractivity contribution >= 4 is 7.82 Å². The summed E-state index contributed by atoms with van der Waals surface area (Å²) in [4.78, 5) is 0. The van der Waals surface area contributed by atoms with Crippen molar-refractivity contribution in [2.45, 2.75) is 180 Å². The van der Waals surface area contributed by atoms with Crippen molar-refractivity contribution in [1.29, 1.82) is 0 Å². The summed E-state index contributed by atoms with van der Waals surface area (Å²) in [6.45, 7) is 19.0. The summed E-state index contributed by atoms with van der Waals surface area (Å²) in [7, 11) is -4.05. The summed E-state index contributed by atoms with van der Waals surface area (Å²) in [6, 6.07) is -1.46. The van der Waals surface area contributed by atoms with Crippen molar-refractivity contribution in [2.24, 2.45) is 11.5 Å². The smallest absolute Gasteiger partial charge is 0.379 e. The van der Waals surface area contributed by atoms with Crippen molar-refractivity contribution in [2.75, 3.05) is 59.5 Å². The molecule has 0 aromatic carbocycles. The summed E-state index contributed by atoms with van der Waals surface area (Å²) in [5.41, 5.74) is 13.7. The van der Waals surface area contributed by atoms with E-state index in [1.807, 2.05) is 13.8 Å². The number of phosphoric acid groups is 1. The van der Waals surface area contributed by atoms with Gasteiger partial charge in [0.25, 0.3) is 0 Å². The Morgan fingerprint density at radius 2 is 0.981 bits per heavy atom. The lowest BCUT2D eigenvalue weighted by Gasteiger charge is -2.47. The predicted octanol–water partition coefficient (Wildman–Crippen LogP) is 6.81. The fourth-order valence-corrected chi connectivity index (χ4v) is 7.40. The molecule has 2 rings (SSSR count). The van der Waals surface area contributed by atoms with Crippen LogP contribution in [0.25, 0.3) is 0 Å². The second kappa shape index (κ2) is 29.6. The van der Waals surface area contributed by atoms with Gasteiger partial charge in [0, 0.05) is 26.4 Å². The molecule has 10 atom stereocenters. The number of phosphoric ester groups is 1. The van der Waals surface area contributed by atoms with Crippen LogP contribution in [0.1, 0.15) is 119 Å². The van der Waals surface area contributed by atoms with Crippen LogP contribution < -0.4 is 11.5 Å². The number of hydrogen-bond donors (Lipinski definition) is 2. The number of rotatable bonds is 33. The molecule has 2 aliphatic rings. The highest BCUT2D eigenvalue weighted by Gasteiger charge is 2.51. The molecule has 54 heavy (non-hydrogen) atoms. The van der Waals surface area contributed by atoms with E-state index in [0.29, 0.717) is 39.3 Å². The fraction of sp³-hybridized carbons (Fsp3) is 0.949. The maximum Gasteiger partial charge on any atom is 0.475 e. The van der Waals surface area contributed by atoms with E-state index < -0.39 is 69.1 Å². The van der Waals surface area contributed by atoms with Crippen molar-refractivity contribution in [3.63, 3.8) is 0 Å². The van der Waals surface area contributed by atoms with Crippen LogP contribution in [0.2, 0.25) is 0 Å². The van der Waals surface area contributed by atoms with Gasteiger partial charge >= 0.3 is 7.82 Å². The molecule has 0 radical (unpaired) electrons. The Bertz CT molecular complexity index is 972. The molecule has 0 bridgehead atoms. The molecule has 2 fully saturated rings. The zero-order valence-corrected chi connectivity index (χ0v) is 35.3. The first-order valence-electron chi connectivity index (χ1n) is 20.9. The van der Waals surface area contributed by atoms with Crippen LogP contribution in [0.5, 0.6) is 0 Å². The Kier molecular flexibility index (Phi) is 27.2. The van der Waals surface area contributed by atoms with Gasteiger partial charge in [-0.1, -0.05) is 86.1 Å². The van der Waals surface area contributed by atoms with Crippen molar-refractivity contribution in [3.05, 3.63) is 12.7 Å². The number of nitrogens with two attached hydrogens (primary N) is 2. The van der Waals surface area contributed by atoms with Gasteiger partial charge in [-0.3, -0.25) is 13.6 Å². The van der Waals surface area contributed by atoms with Gasteiger partial charge in [-0.2, -0.15) is 0 Å². The van der Waals surface area contributed by atoms with Crippen LogP contribution in [0, 0.1) is 0 Å². The normalized spacial score (nSPS) is 29.1. The average Bonchev–Trinajstić information content (AvgIpc) is 3.16. The second-order valence-corrected chi connectivity index (χ2v) is 15.7. The zero-order chi connectivity index (χ0) is 39.6. The molecule has 320 valence electrons. The summed E-state index contributed by atoms with van der Waals surface area (Å²) in [6.07, 6.45) is 6.00.